The van der Waals surface area contributed by atoms with E-state index < -0.39 is 0 Å². The molecule has 118 valence electrons. The van der Waals surface area contributed by atoms with Gasteiger partial charge >= 0.3 is 0 Å². The quantitative estimate of drug-likeness (QED) is 0.802. The monoisotopic (exact) mass is 300 g/mol. The molecule has 1 aliphatic rings. The van der Waals surface area contributed by atoms with Crippen LogP contribution in [-0.4, -0.2) is 52.3 Å². The molecule has 0 aliphatic carbocycles. The van der Waals surface area contributed by atoms with Crippen LogP contribution in [0, 0.1) is 0 Å². The molecule has 1 unspecified atom stereocenters. The van der Waals surface area contributed by atoms with Crippen molar-refractivity contribution in [3.05, 3.63) is 30.5 Å². The molecule has 0 amide bonds. The van der Waals surface area contributed by atoms with Crippen molar-refractivity contribution < 1.29 is 5.11 Å². The lowest BCUT2D eigenvalue weighted by atomic mass is 10.0. The minimum Gasteiger partial charge on any atom is -0.395 e. The van der Waals surface area contributed by atoms with E-state index in [4.69, 9.17) is 0 Å². The molecule has 5 heteroatoms. The van der Waals surface area contributed by atoms with Gasteiger partial charge in [0.25, 0.3) is 0 Å². The Kier molecular flexibility index (Phi) is 5.19. The van der Waals surface area contributed by atoms with E-state index in [1.807, 2.05) is 24.3 Å². The summed E-state index contributed by atoms with van der Waals surface area (Å²) in [4.78, 5) is 11.4. The summed E-state index contributed by atoms with van der Waals surface area (Å²) in [6.07, 6.45) is 6.46. The van der Waals surface area contributed by atoms with Crippen LogP contribution in [0.1, 0.15) is 25.7 Å². The molecule has 1 aliphatic heterocycles. The van der Waals surface area contributed by atoms with Crippen molar-refractivity contribution in [3.8, 4) is 0 Å². The molecule has 0 spiro atoms. The molecular weight excluding hydrogens is 276 g/mol. The summed E-state index contributed by atoms with van der Waals surface area (Å²) in [5.41, 5.74) is 1.84. The van der Waals surface area contributed by atoms with E-state index in [1.54, 1.807) is 6.20 Å². The van der Waals surface area contributed by atoms with Crippen molar-refractivity contribution >= 4 is 16.9 Å². The van der Waals surface area contributed by atoms with Gasteiger partial charge in [0.15, 0.2) is 0 Å². The third-order valence-electron chi connectivity index (χ3n) is 4.34. The highest BCUT2D eigenvalue weighted by atomic mass is 16.3. The fraction of sp³-hybridized carbons (Fsp3) is 0.529. The number of aliphatic hydroxyl groups excluding tert-OH is 1. The Morgan fingerprint density at radius 2 is 2.09 bits per heavy atom. The number of para-hydroxylation sites is 2. The number of likely N-dealkylation sites (tertiary alicyclic amines) is 1. The normalized spacial score (nSPS) is 19.4. The summed E-state index contributed by atoms with van der Waals surface area (Å²) >= 11 is 0. The Bertz CT molecular complexity index is 604. The largest absolute Gasteiger partial charge is 0.395 e. The van der Waals surface area contributed by atoms with Gasteiger partial charge in [-0.2, -0.15) is 0 Å². The Morgan fingerprint density at radius 1 is 1.23 bits per heavy atom. The molecular formula is C17H24N4O. The third kappa shape index (κ3) is 3.72. The number of rotatable bonds is 6. The van der Waals surface area contributed by atoms with Crippen LogP contribution in [0.15, 0.2) is 30.5 Å². The van der Waals surface area contributed by atoms with Gasteiger partial charge in [-0.25, -0.2) is 4.98 Å². The van der Waals surface area contributed by atoms with Crippen LogP contribution in [0.4, 0.5) is 5.82 Å². The Balaban J connectivity index is 1.47. The number of aromatic nitrogens is 2. The Morgan fingerprint density at radius 3 is 2.95 bits per heavy atom. The van der Waals surface area contributed by atoms with Crippen molar-refractivity contribution in [2.45, 2.75) is 31.7 Å². The van der Waals surface area contributed by atoms with E-state index in [1.165, 1.54) is 12.8 Å². The van der Waals surface area contributed by atoms with Gasteiger partial charge in [-0.15, -0.1) is 0 Å². The van der Waals surface area contributed by atoms with Gasteiger partial charge in [-0.05, 0) is 37.9 Å². The molecule has 2 heterocycles. The zero-order valence-corrected chi connectivity index (χ0v) is 12.9. The van der Waals surface area contributed by atoms with E-state index in [0.29, 0.717) is 6.04 Å². The average molecular weight is 300 g/mol. The first-order valence-corrected chi connectivity index (χ1v) is 8.17. The molecule has 1 atom stereocenters. The molecule has 1 saturated heterocycles. The molecule has 0 radical (unpaired) electrons. The molecule has 3 rings (SSSR count). The summed E-state index contributed by atoms with van der Waals surface area (Å²) in [5, 5.41) is 12.8. The van der Waals surface area contributed by atoms with Crippen LogP contribution in [0.25, 0.3) is 11.0 Å². The second-order valence-electron chi connectivity index (χ2n) is 5.89. The van der Waals surface area contributed by atoms with E-state index >= 15 is 0 Å². The second-order valence-corrected chi connectivity index (χ2v) is 5.89. The van der Waals surface area contributed by atoms with Gasteiger partial charge in [0, 0.05) is 19.1 Å². The first-order chi connectivity index (χ1) is 10.9. The smallest absolute Gasteiger partial charge is 0.145 e. The zero-order chi connectivity index (χ0) is 15.2. The fourth-order valence-corrected chi connectivity index (χ4v) is 3.10. The van der Waals surface area contributed by atoms with E-state index in [2.05, 4.69) is 20.2 Å². The number of fused-ring (bicyclic) bond motifs is 1. The van der Waals surface area contributed by atoms with Crippen LogP contribution < -0.4 is 5.32 Å². The maximum absolute atomic E-state index is 9.42. The van der Waals surface area contributed by atoms with Crippen molar-refractivity contribution in [2.75, 3.05) is 31.6 Å². The summed E-state index contributed by atoms with van der Waals surface area (Å²) in [7, 11) is 0. The fourth-order valence-electron chi connectivity index (χ4n) is 3.10. The molecule has 5 nitrogen and oxygen atoms in total. The van der Waals surface area contributed by atoms with Gasteiger partial charge in [0.1, 0.15) is 5.82 Å². The SMILES string of the molecule is OCC1CCCCN1CCCNc1cnc2ccccc2n1. The third-order valence-corrected chi connectivity index (χ3v) is 4.34. The lowest BCUT2D eigenvalue weighted by Gasteiger charge is -2.34. The first-order valence-electron chi connectivity index (χ1n) is 8.17. The number of nitrogens with one attached hydrogen (secondary N) is 1. The summed E-state index contributed by atoms with van der Waals surface area (Å²) in [5.74, 6) is 0.830. The van der Waals surface area contributed by atoms with E-state index in [9.17, 15) is 5.11 Å². The van der Waals surface area contributed by atoms with Gasteiger partial charge in [-0.3, -0.25) is 9.88 Å². The van der Waals surface area contributed by atoms with Gasteiger partial charge in [0.2, 0.25) is 0 Å². The highest BCUT2D eigenvalue weighted by Crippen LogP contribution is 2.16. The Hall–Kier alpha value is -1.72. The number of anilines is 1. The maximum Gasteiger partial charge on any atom is 0.145 e. The number of hydrogen-bond acceptors (Lipinski definition) is 5. The Labute approximate surface area is 131 Å². The molecule has 2 N–H and O–H groups in total. The number of piperidine rings is 1. The molecule has 22 heavy (non-hydrogen) atoms. The highest BCUT2D eigenvalue weighted by Gasteiger charge is 2.20. The summed E-state index contributed by atoms with van der Waals surface area (Å²) < 4.78 is 0. The number of hydrogen-bond donors (Lipinski definition) is 2. The molecule has 1 aromatic heterocycles. The molecule has 0 bridgehead atoms. The topological polar surface area (TPSA) is 61.3 Å². The number of nitrogens with zero attached hydrogens (tertiary/aromatic N) is 3. The van der Waals surface area contributed by atoms with Crippen molar-refractivity contribution in [1.29, 1.82) is 0 Å². The molecule has 1 aromatic carbocycles. The van der Waals surface area contributed by atoms with Crippen LogP contribution in [0.3, 0.4) is 0 Å². The molecule has 2 aromatic rings. The average Bonchev–Trinajstić information content (AvgIpc) is 2.59. The van der Waals surface area contributed by atoms with Gasteiger partial charge in [-0.1, -0.05) is 18.6 Å². The maximum atomic E-state index is 9.42. The van der Waals surface area contributed by atoms with Gasteiger partial charge in [0.05, 0.1) is 23.8 Å². The summed E-state index contributed by atoms with van der Waals surface area (Å²) in [6.45, 7) is 3.30. The van der Waals surface area contributed by atoms with Crippen molar-refractivity contribution in [2.24, 2.45) is 0 Å². The van der Waals surface area contributed by atoms with Crippen LogP contribution >= 0.6 is 0 Å². The van der Waals surface area contributed by atoms with Crippen molar-refractivity contribution in [1.82, 2.24) is 14.9 Å². The van der Waals surface area contributed by atoms with Gasteiger partial charge < -0.3 is 10.4 Å². The van der Waals surface area contributed by atoms with Crippen molar-refractivity contribution in [3.63, 3.8) is 0 Å². The number of aliphatic hydroxyl groups is 1. The van der Waals surface area contributed by atoms with Crippen LogP contribution in [-0.2, 0) is 0 Å². The minimum atomic E-state index is 0.281. The standard InChI is InChI=1S/C17H24N4O/c22-13-14-6-3-4-10-21(14)11-5-9-18-17-12-19-15-7-1-2-8-16(15)20-17/h1-2,7-8,12,14,22H,3-6,9-11,13H2,(H,18,20). The highest BCUT2D eigenvalue weighted by molar-refractivity contribution is 5.75. The van der Waals surface area contributed by atoms with E-state index in [0.717, 1.165) is 49.3 Å². The molecule has 0 saturated carbocycles. The first kappa shape index (κ1) is 15.2. The summed E-state index contributed by atoms with van der Waals surface area (Å²) in [6, 6.07) is 8.26. The predicted octanol–water partition coefficient (Wildman–Crippen LogP) is 2.28. The van der Waals surface area contributed by atoms with Crippen LogP contribution in [0.5, 0.6) is 0 Å². The second kappa shape index (κ2) is 7.51. The zero-order valence-electron chi connectivity index (χ0n) is 12.9. The number of benzene rings is 1. The van der Waals surface area contributed by atoms with Crippen LogP contribution in [0.2, 0.25) is 0 Å². The molecule has 1 fully saturated rings. The lowest BCUT2D eigenvalue weighted by molar-refractivity contribution is 0.0901. The predicted molar refractivity (Wildman–Crippen MR) is 88.9 cm³/mol. The lowest BCUT2D eigenvalue weighted by Crippen LogP contribution is -2.42. The minimum absolute atomic E-state index is 0.281. The van der Waals surface area contributed by atoms with E-state index in [-0.39, 0.29) is 6.61 Å².